The molecule has 1 aromatic carbocycles. The summed E-state index contributed by atoms with van der Waals surface area (Å²) in [5.41, 5.74) is 1.45. The Morgan fingerprint density at radius 2 is 1.90 bits per heavy atom. The number of hydrogen-bond acceptors (Lipinski definition) is 3. The fourth-order valence-corrected chi connectivity index (χ4v) is 2.90. The Kier molecular flexibility index (Phi) is 5.19. The summed E-state index contributed by atoms with van der Waals surface area (Å²) in [7, 11) is 0. The first kappa shape index (κ1) is 15.5. The first-order valence-corrected chi connectivity index (χ1v) is 8.05. The quantitative estimate of drug-likeness (QED) is 0.827. The molecule has 0 radical (unpaired) electrons. The SMILES string of the molecule is CC(C)(C)c1ncc(CNCCc2ccc(Cl)cc2)s1. The number of benzene rings is 1. The summed E-state index contributed by atoms with van der Waals surface area (Å²) in [4.78, 5) is 5.80. The molecule has 2 aromatic rings. The lowest BCUT2D eigenvalue weighted by Crippen LogP contribution is -2.15. The van der Waals surface area contributed by atoms with Crippen LogP contribution in [-0.4, -0.2) is 11.5 Å². The number of nitrogens with zero attached hydrogens (tertiary/aromatic N) is 1. The average Bonchev–Trinajstić information content (AvgIpc) is 2.85. The van der Waals surface area contributed by atoms with Crippen molar-refractivity contribution in [3.8, 4) is 0 Å². The Hall–Kier alpha value is -0.900. The number of nitrogens with one attached hydrogen (secondary N) is 1. The fourth-order valence-electron chi connectivity index (χ4n) is 1.83. The van der Waals surface area contributed by atoms with Crippen LogP contribution in [0.15, 0.2) is 30.5 Å². The van der Waals surface area contributed by atoms with Crippen LogP contribution < -0.4 is 5.32 Å². The van der Waals surface area contributed by atoms with Gasteiger partial charge in [0.1, 0.15) is 0 Å². The maximum Gasteiger partial charge on any atom is 0.0981 e. The van der Waals surface area contributed by atoms with Gasteiger partial charge in [0, 0.05) is 28.1 Å². The van der Waals surface area contributed by atoms with Gasteiger partial charge in [0.05, 0.1) is 5.01 Å². The van der Waals surface area contributed by atoms with Gasteiger partial charge in [-0.25, -0.2) is 4.98 Å². The minimum absolute atomic E-state index is 0.145. The monoisotopic (exact) mass is 308 g/mol. The molecule has 1 N–H and O–H groups in total. The van der Waals surface area contributed by atoms with Crippen molar-refractivity contribution < 1.29 is 0 Å². The summed E-state index contributed by atoms with van der Waals surface area (Å²) < 4.78 is 0. The molecule has 0 atom stereocenters. The molecular formula is C16H21ClN2S. The van der Waals surface area contributed by atoms with Crippen LogP contribution in [0.25, 0.3) is 0 Å². The molecule has 2 nitrogen and oxygen atoms in total. The highest BCUT2D eigenvalue weighted by Crippen LogP contribution is 2.26. The first-order valence-electron chi connectivity index (χ1n) is 6.85. The zero-order chi connectivity index (χ0) is 14.6. The van der Waals surface area contributed by atoms with E-state index >= 15 is 0 Å². The topological polar surface area (TPSA) is 24.9 Å². The Labute approximate surface area is 130 Å². The third-order valence-electron chi connectivity index (χ3n) is 3.00. The molecule has 0 spiro atoms. The van der Waals surface area contributed by atoms with Crippen LogP contribution in [0.1, 0.15) is 36.2 Å². The average molecular weight is 309 g/mol. The van der Waals surface area contributed by atoms with Crippen molar-refractivity contribution in [3.05, 3.63) is 50.9 Å². The normalized spacial score (nSPS) is 11.8. The molecule has 0 amide bonds. The van der Waals surface area contributed by atoms with Crippen molar-refractivity contribution in [2.75, 3.05) is 6.54 Å². The molecule has 20 heavy (non-hydrogen) atoms. The minimum Gasteiger partial charge on any atom is -0.311 e. The highest BCUT2D eigenvalue weighted by atomic mass is 35.5. The second-order valence-corrected chi connectivity index (χ2v) is 7.49. The molecule has 2 rings (SSSR count). The van der Waals surface area contributed by atoms with E-state index in [9.17, 15) is 0 Å². The van der Waals surface area contributed by atoms with Crippen LogP contribution >= 0.6 is 22.9 Å². The van der Waals surface area contributed by atoms with E-state index in [-0.39, 0.29) is 5.41 Å². The molecule has 0 unspecified atom stereocenters. The van der Waals surface area contributed by atoms with Gasteiger partial charge in [-0.05, 0) is 30.7 Å². The first-order chi connectivity index (χ1) is 9.45. The lowest BCUT2D eigenvalue weighted by atomic mass is 9.98. The zero-order valence-corrected chi connectivity index (χ0v) is 13.8. The van der Waals surface area contributed by atoms with Gasteiger partial charge in [0.15, 0.2) is 0 Å². The number of rotatable bonds is 5. The molecule has 0 aliphatic carbocycles. The second kappa shape index (κ2) is 6.70. The lowest BCUT2D eigenvalue weighted by molar-refractivity contribution is 0.585. The molecule has 0 fully saturated rings. The fraction of sp³-hybridized carbons (Fsp3) is 0.438. The van der Waals surface area contributed by atoms with E-state index in [4.69, 9.17) is 11.6 Å². The second-order valence-electron chi connectivity index (χ2n) is 5.93. The third kappa shape index (κ3) is 4.58. The maximum absolute atomic E-state index is 5.87. The van der Waals surface area contributed by atoms with E-state index in [0.29, 0.717) is 0 Å². The summed E-state index contributed by atoms with van der Waals surface area (Å²) in [6, 6.07) is 8.04. The lowest BCUT2D eigenvalue weighted by Gasteiger charge is -2.13. The Bertz CT molecular complexity index is 540. The van der Waals surface area contributed by atoms with E-state index in [0.717, 1.165) is 24.5 Å². The van der Waals surface area contributed by atoms with Gasteiger partial charge >= 0.3 is 0 Å². The van der Waals surface area contributed by atoms with Crippen LogP contribution in [0.2, 0.25) is 5.02 Å². The number of hydrogen-bond donors (Lipinski definition) is 1. The van der Waals surface area contributed by atoms with Gasteiger partial charge < -0.3 is 5.32 Å². The van der Waals surface area contributed by atoms with E-state index in [1.165, 1.54) is 15.4 Å². The van der Waals surface area contributed by atoms with E-state index in [2.05, 4.69) is 43.2 Å². The summed E-state index contributed by atoms with van der Waals surface area (Å²) in [6.07, 6.45) is 3.00. The summed E-state index contributed by atoms with van der Waals surface area (Å²) in [6.45, 7) is 8.45. The number of halogens is 1. The van der Waals surface area contributed by atoms with Crippen LogP contribution in [0, 0.1) is 0 Å². The van der Waals surface area contributed by atoms with Gasteiger partial charge in [-0.2, -0.15) is 0 Å². The Balaban J connectivity index is 1.76. The van der Waals surface area contributed by atoms with Crippen molar-refractivity contribution >= 4 is 22.9 Å². The maximum atomic E-state index is 5.87. The molecular weight excluding hydrogens is 288 g/mol. The summed E-state index contributed by atoms with van der Waals surface area (Å²) in [5, 5.41) is 5.46. The van der Waals surface area contributed by atoms with Crippen molar-refractivity contribution in [1.82, 2.24) is 10.3 Å². The molecule has 0 bridgehead atoms. The highest BCUT2D eigenvalue weighted by Gasteiger charge is 2.17. The van der Waals surface area contributed by atoms with Gasteiger partial charge in [0.2, 0.25) is 0 Å². The number of thiazole rings is 1. The van der Waals surface area contributed by atoms with Crippen LogP contribution in [0.3, 0.4) is 0 Å². The van der Waals surface area contributed by atoms with Crippen LogP contribution in [0.5, 0.6) is 0 Å². The zero-order valence-electron chi connectivity index (χ0n) is 12.2. The number of aromatic nitrogens is 1. The van der Waals surface area contributed by atoms with Crippen LogP contribution in [-0.2, 0) is 18.4 Å². The molecule has 0 aliphatic rings. The van der Waals surface area contributed by atoms with Gasteiger partial charge in [0.25, 0.3) is 0 Å². The largest absolute Gasteiger partial charge is 0.311 e. The molecule has 1 heterocycles. The van der Waals surface area contributed by atoms with Crippen molar-refractivity contribution in [3.63, 3.8) is 0 Å². The van der Waals surface area contributed by atoms with Crippen molar-refractivity contribution in [2.45, 2.75) is 39.2 Å². The predicted octanol–water partition coefficient (Wildman–Crippen LogP) is 4.43. The van der Waals surface area contributed by atoms with Crippen molar-refractivity contribution in [1.29, 1.82) is 0 Å². The minimum atomic E-state index is 0.145. The van der Waals surface area contributed by atoms with E-state index in [1.54, 1.807) is 11.3 Å². The molecule has 4 heteroatoms. The van der Waals surface area contributed by atoms with Gasteiger partial charge in [-0.3, -0.25) is 0 Å². The molecule has 108 valence electrons. The summed E-state index contributed by atoms with van der Waals surface area (Å²) >= 11 is 7.67. The highest BCUT2D eigenvalue weighted by molar-refractivity contribution is 7.11. The van der Waals surface area contributed by atoms with Crippen molar-refractivity contribution in [2.24, 2.45) is 0 Å². The van der Waals surface area contributed by atoms with Gasteiger partial charge in [-0.1, -0.05) is 44.5 Å². The third-order valence-corrected chi connectivity index (χ3v) is 4.67. The predicted molar refractivity (Wildman–Crippen MR) is 87.7 cm³/mol. The van der Waals surface area contributed by atoms with Gasteiger partial charge in [-0.15, -0.1) is 11.3 Å². The van der Waals surface area contributed by atoms with E-state index in [1.807, 2.05) is 18.3 Å². The smallest absolute Gasteiger partial charge is 0.0981 e. The van der Waals surface area contributed by atoms with E-state index < -0.39 is 0 Å². The molecule has 0 aliphatic heterocycles. The standard InChI is InChI=1S/C16H21ClN2S/c1-16(2,3)15-19-11-14(20-15)10-18-9-8-12-4-6-13(17)7-5-12/h4-7,11,18H,8-10H2,1-3H3. The molecule has 0 saturated heterocycles. The Morgan fingerprint density at radius 1 is 1.20 bits per heavy atom. The Morgan fingerprint density at radius 3 is 2.50 bits per heavy atom. The molecule has 1 aromatic heterocycles. The molecule has 0 saturated carbocycles. The summed E-state index contributed by atoms with van der Waals surface area (Å²) in [5.74, 6) is 0. The van der Waals surface area contributed by atoms with Crippen LogP contribution in [0.4, 0.5) is 0 Å².